The Labute approximate surface area is 223 Å². The summed E-state index contributed by atoms with van der Waals surface area (Å²) in [4.78, 5) is 0. The number of hydrogen-bond donors (Lipinski definition) is 2. The van der Waals surface area contributed by atoms with E-state index >= 15 is 0 Å². The van der Waals surface area contributed by atoms with Gasteiger partial charge in [0.25, 0.3) is 0 Å². The standard InChI is InChI=1S/C27H26Cl2N2O4S/c28-20-2-1-3-21(29)24(20)25-19(26(35-30-25)15-4-5-15)14-34-17-8-10-27(33,11-9-17)16-6-7-23-18(12-16)22(13-32)31-36-23/h1-3,6-7,12,15,17,32-33H,4-5,8-11,13-14H2/t17-,27-. The highest BCUT2D eigenvalue weighted by Crippen LogP contribution is 2.47. The number of halogens is 2. The second kappa shape index (κ2) is 9.71. The van der Waals surface area contributed by atoms with Crippen molar-refractivity contribution < 1.29 is 19.5 Å². The number of aliphatic hydroxyl groups excluding tert-OH is 1. The molecule has 0 aliphatic heterocycles. The van der Waals surface area contributed by atoms with E-state index in [-0.39, 0.29) is 12.7 Å². The fraction of sp³-hybridized carbons (Fsp3) is 0.407. The van der Waals surface area contributed by atoms with Crippen LogP contribution in [0.3, 0.4) is 0 Å². The van der Waals surface area contributed by atoms with Crippen molar-refractivity contribution in [2.24, 2.45) is 0 Å². The summed E-state index contributed by atoms with van der Waals surface area (Å²) in [7, 11) is 0. The molecule has 6 rings (SSSR count). The Hall–Kier alpha value is -2.00. The van der Waals surface area contributed by atoms with Crippen molar-refractivity contribution in [2.75, 3.05) is 0 Å². The summed E-state index contributed by atoms with van der Waals surface area (Å²) in [5.74, 6) is 1.23. The fourth-order valence-corrected chi connectivity index (χ4v) is 6.51. The number of fused-ring (bicyclic) bond motifs is 1. The minimum atomic E-state index is -0.921. The highest BCUT2D eigenvalue weighted by atomic mass is 35.5. The molecule has 0 saturated heterocycles. The van der Waals surface area contributed by atoms with E-state index in [2.05, 4.69) is 9.53 Å². The zero-order valence-electron chi connectivity index (χ0n) is 19.5. The molecule has 2 aliphatic rings. The molecule has 2 N–H and O–H groups in total. The first kappa shape index (κ1) is 24.3. The quantitative estimate of drug-likeness (QED) is 0.261. The number of aromatic nitrogens is 2. The minimum absolute atomic E-state index is 0.0151. The molecule has 2 aliphatic carbocycles. The van der Waals surface area contributed by atoms with Gasteiger partial charge < -0.3 is 19.5 Å². The van der Waals surface area contributed by atoms with Crippen molar-refractivity contribution >= 4 is 44.8 Å². The van der Waals surface area contributed by atoms with Crippen LogP contribution in [-0.2, 0) is 23.6 Å². The Kier molecular flexibility index (Phi) is 6.56. The fourth-order valence-electron chi connectivity index (χ4n) is 5.17. The summed E-state index contributed by atoms with van der Waals surface area (Å²) in [6.07, 6.45) is 4.83. The van der Waals surface area contributed by atoms with Crippen LogP contribution in [-0.4, -0.2) is 25.8 Å². The number of ether oxygens (including phenoxy) is 1. The van der Waals surface area contributed by atoms with Gasteiger partial charge in [-0.1, -0.05) is 40.5 Å². The Morgan fingerprint density at radius 2 is 1.83 bits per heavy atom. The van der Waals surface area contributed by atoms with Gasteiger partial charge in [0.15, 0.2) is 0 Å². The lowest BCUT2D eigenvalue weighted by Crippen LogP contribution is -2.34. The first-order chi connectivity index (χ1) is 17.5. The Bertz CT molecular complexity index is 1390. The molecule has 4 aromatic rings. The summed E-state index contributed by atoms with van der Waals surface area (Å²) < 4.78 is 17.4. The van der Waals surface area contributed by atoms with Gasteiger partial charge in [-0.3, -0.25) is 0 Å². The molecule has 0 amide bonds. The molecule has 0 atom stereocenters. The summed E-state index contributed by atoms with van der Waals surface area (Å²) in [5.41, 5.74) is 2.85. The summed E-state index contributed by atoms with van der Waals surface area (Å²) >= 11 is 14.3. The van der Waals surface area contributed by atoms with Crippen molar-refractivity contribution in [1.82, 2.24) is 9.53 Å². The highest BCUT2D eigenvalue weighted by molar-refractivity contribution is 7.13. The van der Waals surface area contributed by atoms with Crippen molar-refractivity contribution in [2.45, 2.75) is 69.4 Å². The van der Waals surface area contributed by atoms with Crippen molar-refractivity contribution in [3.05, 3.63) is 69.0 Å². The largest absolute Gasteiger partial charge is 0.390 e. The Morgan fingerprint density at radius 3 is 2.53 bits per heavy atom. The van der Waals surface area contributed by atoms with Gasteiger partial charge >= 0.3 is 0 Å². The predicted octanol–water partition coefficient (Wildman–Crippen LogP) is 6.97. The number of benzene rings is 2. The van der Waals surface area contributed by atoms with E-state index in [0.717, 1.165) is 52.7 Å². The number of hydrogen-bond acceptors (Lipinski definition) is 7. The molecule has 2 heterocycles. The lowest BCUT2D eigenvalue weighted by atomic mass is 9.78. The lowest BCUT2D eigenvalue weighted by Gasteiger charge is -2.36. The number of rotatable bonds is 7. The van der Waals surface area contributed by atoms with E-state index in [4.69, 9.17) is 32.5 Å². The van der Waals surface area contributed by atoms with Crippen LogP contribution < -0.4 is 0 Å². The van der Waals surface area contributed by atoms with E-state index < -0.39 is 5.60 Å². The van der Waals surface area contributed by atoms with E-state index in [0.29, 0.717) is 52.4 Å². The second-order valence-electron chi connectivity index (χ2n) is 9.79. The molecule has 2 aromatic carbocycles. The molecule has 2 fully saturated rings. The van der Waals surface area contributed by atoms with Crippen LogP contribution in [0, 0.1) is 0 Å². The van der Waals surface area contributed by atoms with Crippen LogP contribution in [0.4, 0.5) is 0 Å². The Balaban J connectivity index is 1.18. The number of aliphatic hydroxyl groups is 2. The van der Waals surface area contributed by atoms with E-state index in [9.17, 15) is 10.2 Å². The van der Waals surface area contributed by atoms with Gasteiger partial charge in [-0.05, 0) is 79.9 Å². The molecule has 0 unspecified atom stereocenters. The zero-order valence-corrected chi connectivity index (χ0v) is 21.9. The van der Waals surface area contributed by atoms with E-state index in [1.165, 1.54) is 11.5 Å². The third-order valence-corrected chi connectivity index (χ3v) is 8.92. The average molecular weight is 545 g/mol. The molecule has 0 spiro atoms. The topological polar surface area (TPSA) is 88.6 Å². The van der Waals surface area contributed by atoms with Gasteiger partial charge in [0.05, 0.1) is 45.4 Å². The second-order valence-corrected chi connectivity index (χ2v) is 11.4. The normalized spacial score (nSPS) is 22.4. The van der Waals surface area contributed by atoms with Crippen LogP contribution >= 0.6 is 34.7 Å². The first-order valence-electron chi connectivity index (χ1n) is 12.2. The van der Waals surface area contributed by atoms with Crippen LogP contribution in [0.5, 0.6) is 0 Å². The summed E-state index contributed by atoms with van der Waals surface area (Å²) in [5, 5.41) is 27.4. The molecule has 36 heavy (non-hydrogen) atoms. The number of nitrogens with zero attached hydrogens (tertiary/aromatic N) is 2. The maximum absolute atomic E-state index is 11.5. The van der Waals surface area contributed by atoms with Gasteiger partial charge in [0.1, 0.15) is 11.5 Å². The highest BCUT2D eigenvalue weighted by Gasteiger charge is 2.37. The van der Waals surface area contributed by atoms with Gasteiger partial charge in [-0.15, -0.1) is 0 Å². The van der Waals surface area contributed by atoms with Crippen LogP contribution in [0.1, 0.15) is 67.0 Å². The van der Waals surface area contributed by atoms with Crippen LogP contribution in [0.15, 0.2) is 40.9 Å². The summed E-state index contributed by atoms with van der Waals surface area (Å²) in [6.45, 7) is 0.257. The summed E-state index contributed by atoms with van der Waals surface area (Å²) in [6, 6.07) is 11.3. The maximum atomic E-state index is 11.5. The predicted molar refractivity (Wildman–Crippen MR) is 140 cm³/mol. The molecular weight excluding hydrogens is 519 g/mol. The van der Waals surface area contributed by atoms with Gasteiger partial charge in [0, 0.05) is 22.4 Å². The lowest BCUT2D eigenvalue weighted by molar-refractivity contribution is -0.0640. The van der Waals surface area contributed by atoms with Crippen molar-refractivity contribution in [3.63, 3.8) is 0 Å². The third-order valence-electron chi connectivity index (χ3n) is 7.42. The molecule has 2 saturated carbocycles. The zero-order chi connectivity index (χ0) is 24.9. The van der Waals surface area contributed by atoms with Gasteiger partial charge in [0.2, 0.25) is 0 Å². The van der Waals surface area contributed by atoms with E-state index in [1.807, 2.05) is 24.3 Å². The molecule has 2 aromatic heterocycles. The monoisotopic (exact) mass is 544 g/mol. The average Bonchev–Trinajstić information content (AvgIpc) is 3.51. The molecule has 0 bridgehead atoms. The molecular formula is C27H26Cl2N2O4S. The molecule has 9 heteroatoms. The molecule has 0 radical (unpaired) electrons. The van der Waals surface area contributed by atoms with Crippen LogP contribution in [0.25, 0.3) is 21.3 Å². The van der Waals surface area contributed by atoms with Crippen molar-refractivity contribution in [1.29, 1.82) is 0 Å². The third kappa shape index (κ3) is 4.46. The van der Waals surface area contributed by atoms with E-state index in [1.54, 1.807) is 12.1 Å². The smallest absolute Gasteiger partial charge is 0.145 e. The van der Waals surface area contributed by atoms with Gasteiger partial charge in [-0.2, -0.15) is 4.37 Å². The minimum Gasteiger partial charge on any atom is -0.390 e. The molecule has 6 nitrogen and oxygen atoms in total. The molecule has 188 valence electrons. The SMILES string of the molecule is OCc1nsc2ccc([C@]3(O)CC[C@H](OCc4c(-c5c(Cl)cccc5Cl)noc4C4CC4)CC3)cc12. The Morgan fingerprint density at radius 1 is 1.08 bits per heavy atom. The van der Waals surface area contributed by atoms with Crippen LogP contribution in [0.2, 0.25) is 10.0 Å². The van der Waals surface area contributed by atoms with Gasteiger partial charge in [-0.25, -0.2) is 0 Å². The maximum Gasteiger partial charge on any atom is 0.145 e. The van der Waals surface area contributed by atoms with Crippen molar-refractivity contribution in [3.8, 4) is 11.3 Å². The first-order valence-corrected chi connectivity index (χ1v) is 13.8.